The number of halogens is 1. The van der Waals surface area contributed by atoms with Crippen molar-refractivity contribution in [1.82, 2.24) is 15.0 Å². The van der Waals surface area contributed by atoms with Gasteiger partial charge in [-0.3, -0.25) is 4.98 Å². The first-order valence-electron chi connectivity index (χ1n) is 4.46. The molecule has 2 heterocycles. The fourth-order valence-electron chi connectivity index (χ4n) is 1.30. The molecule has 2 aromatic heterocycles. The second kappa shape index (κ2) is 4.00. The van der Waals surface area contributed by atoms with Crippen LogP contribution in [-0.2, 0) is 6.42 Å². The molecule has 72 valence electrons. The first-order chi connectivity index (χ1) is 6.75. The Morgan fingerprint density at radius 3 is 2.86 bits per heavy atom. The molecular weight excluding hydrogens is 242 g/mol. The normalized spacial score (nSPS) is 13.0. The van der Waals surface area contributed by atoms with Crippen LogP contribution in [0.5, 0.6) is 0 Å². The van der Waals surface area contributed by atoms with Crippen molar-refractivity contribution in [3.8, 4) is 0 Å². The highest BCUT2D eigenvalue weighted by atomic mass is 79.9. The molecule has 1 atom stereocenters. The third kappa shape index (κ3) is 2.07. The second-order valence-corrected chi connectivity index (χ2v) is 4.75. The average Bonchev–Trinajstić information content (AvgIpc) is 2.17. The van der Waals surface area contributed by atoms with Gasteiger partial charge in [0.1, 0.15) is 5.52 Å². The van der Waals surface area contributed by atoms with Crippen molar-refractivity contribution in [1.29, 1.82) is 0 Å². The molecule has 0 spiro atoms. The number of fused-ring (bicyclic) bond motifs is 1. The number of pyridine rings is 1. The molecule has 2 aromatic rings. The smallest absolute Gasteiger partial charge is 0.178 e. The SMILES string of the molecule is CC(Br)Cc1ccc2nccnc2n1. The zero-order valence-corrected chi connectivity index (χ0v) is 9.40. The van der Waals surface area contributed by atoms with Crippen LogP contribution in [0.15, 0.2) is 24.5 Å². The number of alkyl halides is 1. The molecule has 0 saturated carbocycles. The highest BCUT2D eigenvalue weighted by Gasteiger charge is 2.02. The Kier molecular flexibility index (Phi) is 2.72. The fourth-order valence-corrected chi connectivity index (χ4v) is 1.63. The second-order valence-electron chi connectivity index (χ2n) is 3.19. The predicted molar refractivity (Wildman–Crippen MR) is 59.4 cm³/mol. The average molecular weight is 252 g/mol. The molecule has 2 rings (SSSR count). The Morgan fingerprint density at radius 1 is 1.29 bits per heavy atom. The number of hydrogen-bond donors (Lipinski definition) is 0. The summed E-state index contributed by atoms with van der Waals surface area (Å²) in [6.07, 6.45) is 4.25. The van der Waals surface area contributed by atoms with Crippen molar-refractivity contribution in [2.45, 2.75) is 18.2 Å². The van der Waals surface area contributed by atoms with Crippen LogP contribution in [0.25, 0.3) is 11.2 Å². The van der Waals surface area contributed by atoms with Gasteiger partial charge in [-0.15, -0.1) is 0 Å². The minimum absolute atomic E-state index is 0.434. The maximum atomic E-state index is 4.41. The molecule has 0 N–H and O–H groups in total. The van der Waals surface area contributed by atoms with Gasteiger partial charge in [0.25, 0.3) is 0 Å². The van der Waals surface area contributed by atoms with E-state index < -0.39 is 0 Å². The van der Waals surface area contributed by atoms with Gasteiger partial charge in [-0.05, 0) is 12.1 Å². The van der Waals surface area contributed by atoms with Gasteiger partial charge in [-0.1, -0.05) is 22.9 Å². The highest BCUT2D eigenvalue weighted by Crippen LogP contribution is 2.10. The molecule has 0 aliphatic heterocycles. The summed E-state index contributed by atoms with van der Waals surface area (Å²) in [7, 11) is 0. The van der Waals surface area contributed by atoms with E-state index in [1.807, 2.05) is 12.1 Å². The molecule has 0 fully saturated rings. The minimum atomic E-state index is 0.434. The van der Waals surface area contributed by atoms with Gasteiger partial charge in [-0.25, -0.2) is 9.97 Å². The summed E-state index contributed by atoms with van der Waals surface area (Å²) in [6, 6.07) is 3.95. The van der Waals surface area contributed by atoms with Gasteiger partial charge in [-0.2, -0.15) is 0 Å². The summed E-state index contributed by atoms with van der Waals surface area (Å²) in [5.41, 5.74) is 2.61. The zero-order valence-electron chi connectivity index (χ0n) is 7.81. The number of hydrogen-bond acceptors (Lipinski definition) is 3. The first-order valence-corrected chi connectivity index (χ1v) is 5.38. The predicted octanol–water partition coefficient (Wildman–Crippen LogP) is 2.35. The monoisotopic (exact) mass is 251 g/mol. The summed E-state index contributed by atoms with van der Waals surface area (Å²) in [4.78, 5) is 13.2. The van der Waals surface area contributed by atoms with E-state index in [1.165, 1.54) is 0 Å². The first kappa shape index (κ1) is 9.52. The van der Waals surface area contributed by atoms with E-state index in [9.17, 15) is 0 Å². The van der Waals surface area contributed by atoms with Crippen LogP contribution in [0.2, 0.25) is 0 Å². The summed E-state index contributed by atoms with van der Waals surface area (Å²) in [5.74, 6) is 0. The van der Waals surface area contributed by atoms with Crippen molar-refractivity contribution in [2.24, 2.45) is 0 Å². The highest BCUT2D eigenvalue weighted by molar-refractivity contribution is 9.09. The Bertz CT molecular complexity index is 442. The maximum absolute atomic E-state index is 4.41. The molecule has 0 aliphatic rings. The van der Waals surface area contributed by atoms with Crippen LogP contribution in [0.1, 0.15) is 12.6 Å². The lowest BCUT2D eigenvalue weighted by Gasteiger charge is -2.02. The standard InChI is InChI=1S/C10H10BrN3/c1-7(11)6-8-2-3-9-10(14-8)13-5-4-12-9/h2-5,7H,6H2,1H3. The van der Waals surface area contributed by atoms with E-state index in [0.717, 1.165) is 23.3 Å². The van der Waals surface area contributed by atoms with Gasteiger partial charge >= 0.3 is 0 Å². The molecule has 0 aromatic carbocycles. The molecule has 0 amide bonds. The third-order valence-electron chi connectivity index (χ3n) is 1.88. The summed E-state index contributed by atoms with van der Waals surface area (Å²) >= 11 is 3.50. The van der Waals surface area contributed by atoms with Gasteiger partial charge < -0.3 is 0 Å². The van der Waals surface area contributed by atoms with Crippen molar-refractivity contribution in [3.63, 3.8) is 0 Å². The summed E-state index contributed by atoms with van der Waals surface area (Å²) in [5, 5.41) is 0. The Balaban J connectivity index is 2.41. The van der Waals surface area contributed by atoms with Crippen LogP contribution >= 0.6 is 15.9 Å². The summed E-state index contributed by atoms with van der Waals surface area (Å²) < 4.78 is 0. The van der Waals surface area contributed by atoms with Gasteiger partial charge in [0.15, 0.2) is 5.65 Å². The van der Waals surface area contributed by atoms with E-state index in [0.29, 0.717) is 4.83 Å². The molecule has 14 heavy (non-hydrogen) atoms. The molecule has 1 unspecified atom stereocenters. The van der Waals surface area contributed by atoms with Gasteiger partial charge in [0.05, 0.1) is 0 Å². The quantitative estimate of drug-likeness (QED) is 0.770. The lowest BCUT2D eigenvalue weighted by atomic mass is 10.2. The number of rotatable bonds is 2. The molecule has 4 heteroatoms. The fraction of sp³-hybridized carbons (Fsp3) is 0.300. The minimum Gasteiger partial charge on any atom is -0.251 e. The zero-order chi connectivity index (χ0) is 9.97. The van der Waals surface area contributed by atoms with Crippen molar-refractivity contribution >= 4 is 27.1 Å². The van der Waals surface area contributed by atoms with E-state index in [1.54, 1.807) is 12.4 Å². The van der Waals surface area contributed by atoms with Crippen LogP contribution in [-0.4, -0.2) is 19.8 Å². The molecular formula is C10H10BrN3. The van der Waals surface area contributed by atoms with Crippen LogP contribution < -0.4 is 0 Å². The lowest BCUT2D eigenvalue weighted by Crippen LogP contribution is -2.00. The van der Waals surface area contributed by atoms with Crippen molar-refractivity contribution in [2.75, 3.05) is 0 Å². The topological polar surface area (TPSA) is 38.7 Å². The van der Waals surface area contributed by atoms with E-state index >= 15 is 0 Å². The van der Waals surface area contributed by atoms with Crippen LogP contribution in [0, 0.1) is 0 Å². The number of nitrogens with zero attached hydrogens (tertiary/aromatic N) is 3. The molecule has 3 nitrogen and oxygen atoms in total. The Hall–Kier alpha value is -1.03. The van der Waals surface area contributed by atoms with Gasteiger partial charge in [0.2, 0.25) is 0 Å². The Labute approximate surface area is 90.7 Å². The van der Waals surface area contributed by atoms with Crippen LogP contribution in [0.4, 0.5) is 0 Å². The maximum Gasteiger partial charge on any atom is 0.178 e. The molecule has 0 aliphatic carbocycles. The van der Waals surface area contributed by atoms with Crippen LogP contribution in [0.3, 0.4) is 0 Å². The van der Waals surface area contributed by atoms with Gasteiger partial charge in [0, 0.05) is 29.3 Å². The third-order valence-corrected chi connectivity index (χ3v) is 2.20. The summed E-state index contributed by atoms with van der Waals surface area (Å²) in [6.45, 7) is 2.10. The van der Waals surface area contributed by atoms with Crippen molar-refractivity contribution in [3.05, 3.63) is 30.2 Å². The Morgan fingerprint density at radius 2 is 2.07 bits per heavy atom. The van der Waals surface area contributed by atoms with E-state index in [2.05, 4.69) is 37.8 Å². The molecule has 0 radical (unpaired) electrons. The number of aromatic nitrogens is 3. The largest absolute Gasteiger partial charge is 0.251 e. The van der Waals surface area contributed by atoms with E-state index in [4.69, 9.17) is 0 Å². The van der Waals surface area contributed by atoms with E-state index in [-0.39, 0.29) is 0 Å². The molecule has 0 saturated heterocycles. The molecule has 0 bridgehead atoms. The van der Waals surface area contributed by atoms with Crippen molar-refractivity contribution < 1.29 is 0 Å². The lowest BCUT2D eigenvalue weighted by molar-refractivity contribution is 0.918.